The molecule has 0 atom stereocenters. The first kappa shape index (κ1) is 21.3. The predicted molar refractivity (Wildman–Crippen MR) is 114 cm³/mol. The lowest BCUT2D eigenvalue weighted by atomic mass is 10.1. The normalized spacial score (nSPS) is 10.7. The molecule has 8 heteroatoms. The van der Waals surface area contributed by atoms with Gasteiger partial charge in [-0.2, -0.15) is 4.80 Å². The topological polar surface area (TPSA) is 91.2 Å². The number of rotatable bonds is 9. The van der Waals surface area contributed by atoms with E-state index in [9.17, 15) is 4.79 Å². The van der Waals surface area contributed by atoms with Crippen LogP contribution < -0.4 is 14.8 Å². The van der Waals surface area contributed by atoms with Gasteiger partial charge in [0.2, 0.25) is 11.7 Å². The van der Waals surface area contributed by atoms with Crippen LogP contribution in [0.3, 0.4) is 0 Å². The highest BCUT2D eigenvalue weighted by atomic mass is 16.5. The van der Waals surface area contributed by atoms with Gasteiger partial charge in [0.25, 0.3) is 0 Å². The Labute approximate surface area is 176 Å². The summed E-state index contributed by atoms with van der Waals surface area (Å²) in [5.41, 5.74) is 4.32. The molecule has 1 amide bonds. The van der Waals surface area contributed by atoms with E-state index in [1.165, 1.54) is 15.9 Å². The van der Waals surface area contributed by atoms with Gasteiger partial charge in [-0.1, -0.05) is 18.2 Å². The molecule has 0 aliphatic carbocycles. The molecule has 0 unspecified atom stereocenters. The van der Waals surface area contributed by atoms with Crippen molar-refractivity contribution in [1.82, 2.24) is 25.5 Å². The first-order valence-corrected chi connectivity index (χ1v) is 9.86. The lowest BCUT2D eigenvalue weighted by Gasteiger charge is -2.12. The van der Waals surface area contributed by atoms with E-state index >= 15 is 0 Å². The van der Waals surface area contributed by atoms with Crippen molar-refractivity contribution in [1.29, 1.82) is 0 Å². The average molecular weight is 409 g/mol. The summed E-state index contributed by atoms with van der Waals surface area (Å²) in [7, 11) is 1.60. The molecular weight excluding hydrogens is 382 g/mol. The molecule has 0 fully saturated rings. The third-order valence-electron chi connectivity index (χ3n) is 4.73. The Balaban J connectivity index is 1.43. The van der Waals surface area contributed by atoms with Crippen molar-refractivity contribution < 1.29 is 14.3 Å². The van der Waals surface area contributed by atoms with Gasteiger partial charge in [-0.25, -0.2) is 0 Å². The van der Waals surface area contributed by atoms with E-state index in [0.717, 1.165) is 16.9 Å². The zero-order chi connectivity index (χ0) is 21.5. The van der Waals surface area contributed by atoms with E-state index < -0.39 is 0 Å². The van der Waals surface area contributed by atoms with Crippen LogP contribution in [0.15, 0.2) is 36.4 Å². The van der Waals surface area contributed by atoms with Gasteiger partial charge in [0.05, 0.1) is 13.7 Å². The zero-order valence-electron chi connectivity index (χ0n) is 17.8. The van der Waals surface area contributed by atoms with Crippen LogP contribution in [-0.2, 0) is 11.3 Å². The van der Waals surface area contributed by atoms with Crippen LogP contribution >= 0.6 is 0 Å². The van der Waals surface area contributed by atoms with Gasteiger partial charge in [0.1, 0.15) is 18.0 Å². The summed E-state index contributed by atoms with van der Waals surface area (Å²) in [6.07, 6.45) is 0.706. The molecule has 0 aliphatic rings. The highest BCUT2D eigenvalue weighted by Gasteiger charge is 2.10. The van der Waals surface area contributed by atoms with Crippen LogP contribution in [0.1, 0.15) is 23.1 Å². The Hall–Kier alpha value is -3.42. The number of aryl methyl sites for hydroxylation is 2. The Morgan fingerprint density at radius 1 is 1.17 bits per heavy atom. The number of carbonyl (C=O) groups is 1. The minimum atomic E-state index is -0.174. The summed E-state index contributed by atoms with van der Waals surface area (Å²) in [4.78, 5) is 13.4. The fourth-order valence-corrected chi connectivity index (χ4v) is 3.01. The molecule has 0 aliphatic heterocycles. The van der Waals surface area contributed by atoms with Crippen LogP contribution in [0.25, 0.3) is 11.4 Å². The van der Waals surface area contributed by atoms with E-state index in [1.54, 1.807) is 7.11 Å². The van der Waals surface area contributed by atoms with Crippen LogP contribution in [0.2, 0.25) is 0 Å². The number of aromatic nitrogens is 4. The van der Waals surface area contributed by atoms with Crippen molar-refractivity contribution in [2.45, 2.75) is 33.7 Å². The summed E-state index contributed by atoms with van der Waals surface area (Å²) in [6.45, 7) is 7.24. The molecule has 0 radical (unpaired) electrons. The van der Waals surface area contributed by atoms with Crippen molar-refractivity contribution in [3.63, 3.8) is 0 Å². The predicted octanol–water partition coefficient (Wildman–Crippen LogP) is 2.86. The highest BCUT2D eigenvalue weighted by Crippen LogP contribution is 2.23. The van der Waals surface area contributed by atoms with Gasteiger partial charge in [-0.3, -0.25) is 4.79 Å². The summed E-state index contributed by atoms with van der Waals surface area (Å²) in [5.74, 6) is 1.88. The lowest BCUT2D eigenvalue weighted by Crippen LogP contribution is -2.30. The molecule has 8 nitrogen and oxygen atoms in total. The van der Waals surface area contributed by atoms with Gasteiger partial charge >= 0.3 is 0 Å². The molecule has 158 valence electrons. The van der Waals surface area contributed by atoms with Crippen LogP contribution in [-0.4, -0.2) is 46.4 Å². The number of tetrazole rings is 1. The van der Waals surface area contributed by atoms with Crippen molar-refractivity contribution in [3.05, 3.63) is 53.1 Å². The second-order valence-electron chi connectivity index (χ2n) is 7.13. The zero-order valence-corrected chi connectivity index (χ0v) is 17.8. The second-order valence-corrected chi connectivity index (χ2v) is 7.13. The van der Waals surface area contributed by atoms with Gasteiger partial charge in [0.15, 0.2) is 0 Å². The van der Waals surface area contributed by atoms with E-state index in [2.05, 4.69) is 47.6 Å². The lowest BCUT2D eigenvalue weighted by molar-refractivity contribution is -0.122. The first-order valence-electron chi connectivity index (χ1n) is 9.86. The second kappa shape index (κ2) is 9.87. The number of carbonyl (C=O) groups excluding carboxylic acids is 1. The van der Waals surface area contributed by atoms with E-state index in [4.69, 9.17) is 9.47 Å². The monoisotopic (exact) mass is 409 g/mol. The molecular formula is C22H27N5O3. The minimum Gasteiger partial charge on any atom is -0.497 e. The molecule has 3 rings (SSSR count). The SMILES string of the molecule is COc1cccc(-c2nnn(CC(=O)NCCCOc3cc(C)cc(C)c3C)n2)c1. The Kier molecular flexibility index (Phi) is 7.00. The van der Waals surface area contributed by atoms with Crippen LogP contribution in [0.5, 0.6) is 11.5 Å². The molecule has 1 heterocycles. The number of benzene rings is 2. The van der Waals surface area contributed by atoms with Crippen molar-refractivity contribution in [3.8, 4) is 22.9 Å². The average Bonchev–Trinajstić information content (AvgIpc) is 3.19. The summed E-state index contributed by atoms with van der Waals surface area (Å²) >= 11 is 0. The number of nitrogens with zero attached hydrogens (tertiary/aromatic N) is 4. The summed E-state index contributed by atoms with van der Waals surface area (Å²) in [5, 5.41) is 15.1. The molecule has 0 saturated heterocycles. The number of amides is 1. The molecule has 0 bridgehead atoms. The van der Waals surface area contributed by atoms with Crippen molar-refractivity contribution >= 4 is 5.91 Å². The van der Waals surface area contributed by atoms with Crippen molar-refractivity contribution in [2.75, 3.05) is 20.3 Å². The Morgan fingerprint density at radius 3 is 2.80 bits per heavy atom. The molecule has 1 aromatic heterocycles. The molecule has 3 aromatic rings. The number of nitrogens with one attached hydrogen (secondary N) is 1. The van der Waals surface area contributed by atoms with E-state index in [0.29, 0.717) is 31.1 Å². The fraction of sp³-hybridized carbons (Fsp3) is 0.364. The highest BCUT2D eigenvalue weighted by molar-refractivity contribution is 5.75. The molecule has 1 N–H and O–H groups in total. The van der Waals surface area contributed by atoms with Gasteiger partial charge in [-0.05, 0) is 67.3 Å². The number of ether oxygens (including phenoxy) is 2. The standard InChI is InChI=1S/C22H27N5O3/c1-15-11-16(2)17(3)20(12-15)30-10-6-9-23-21(28)14-27-25-22(24-26-27)18-7-5-8-19(13-18)29-4/h5,7-8,11-13H,6,9-10,14H2,1-4H3,(H,23,28). The molecule has 30 heavy (non-hydrogen) atoms. The largest absolute Gasteiger partial charge is 0.497 e. The summed E-state index contributed by atoms with van der Waals surface area (Å²) < 4.78 is 11.1. The number of hydrogen-bond donors (Lipinski definition) is 1. The maximum absolute atomic E-state index is 12.1. The Morgan fingerprint density at radius 2 is 2.00 bits per heavy atom. The third-order valence-corrected chi connectivity index (χ3v) is 4.73. The quantitative estimate of drug-likeness (QED) is 0.547. The van der Waals surface area contributed by atoms with E-state index in [1.807, 2.05) is 30.3 Å². The van der Waals surface area contributed by atoms with Gasteiger partial charge in [0, 0.05) is 12.1 Å². The number of methoxy groups -OCH3 is 1. The molecule has 0 saturated carbocycles. The van der Waals surface area contributed by atoms with Crippen molar-refractivity contribution in [2.24, 2.45) is 0 Å². The van der Waals surface area contributed by atoms with Crippen LogP contribution in [0.4, 0.5) is 0 Å². The number of hydrogen-bond acceptors (Lipinski definition) is 6. The molecule has 2 aromatic carbocycles. The summed E-state index contributed by atoms with van der Waals surface area (Å²) in [6, 6.07) is 11.5. The maximum Gasteiger partial charge on any atom is 0.243 e. The Bertz CT molecular complexity index is 1020. The fourth-order valence-electron chi connectivity index (χ4n) is 3.01. The third kappa shape index (κ3) is 5.56. The van der Waals surface area contributed by atoms with Gasteiger partial charge < -0.3 is 14.8 Å². The van der Waals surface area contributed by atoms with Crippen LogP contribution in [0, 0.1) is 20.8 Å². The smallest absolute Gasteiger partial charge is 0.243 e. The first-order chi connectivity index (χ1) is 14.5. The molecule has 0 spiro atoms. The minimum absolute atomic E-state index is 0.00794. The van der Waals surface area contributed by atoms with E-state index in [-0.39, 0.29) is 12.5 Å². The maximum atomic E-state index is 12.1. The van der Waals surface area contributed by atoms with Gasteiger partial charge in [-0.15, -0.1) is 10.2 Å².